The number of rotatable bonds is 5. The molecule has 0 rings (SSSR count). The highest BCUT2D eigenvalue weighted by Gasteiger charge is 2.21. The zero-order valence-corrected chi connectivity index (χ0v) is 8.03. The molecule has 5 heteroatoms. The Bertz CT molecular complexity index is 191. The molecule has 0 spiro atoms. The molecule has 0 bridgehead atoms. The van der Waals surface area contributed by atoms with E-state index in [1.807, 2.05) is 13.8 Å². The highest BCUT2D eigenvalue weighted by atomic mass is 16.5. The number of methoxy groups -OCH3 is 1. The third-order valence-electron chi connectivity index (χ3n) is 1.43. The van der Waals surface area contributed by atoms with Crippen LogP contribution in [0.5, 0.6) is 0 Å². The summed E-state index contributed by atoms with van der Waals surface area (Å²) in [5.41, 5.74) is 0. The Hall–Kier alpha value is -1.10. The van der Waals surface area contributed by atoms with Gasteiger partial charge in [0.1, 0.15) is 6.04 Å². The lowest BCUT2D eigenvalue weighted by Crippen LogP contribution is -2.42. The third-order valence-corrected chi connectivity index (χ3v) is 1.43. The van der Waals surface area contributed by atoms with E-state index in [1.54, 1.807) is 0 Å². The van der Waals surface area contributed by atoms with E-state index >= 15 is 0 Å². The van der Waals surface area contributed by atoms with E-state index in [-0.39, 0.29) is 12.5 Å². The van der Waals surface area contributed by atoms with Crippen molar-refractivity contribution in [3.63, 3.8) is 0 Å². The van der Waals surface area contributed by atoms with Gasteiger partial charge in [0.15, 0.2) is 0 Å². The summed E-state index contributed by atoms with van der Waals surface area (Å²) in [6, 6.07) is -0.849. The van der Waals surface area contributed by atoms with E-state index in [0.29, 0.717) is 0 Å². The molecular weight excluding hydrogens is 174 g/mol. The average Bonchev–Trinajstić information content (AvgIpc) is 2.02. The summed E-state index contributed by atoms with van der Waals surface area (Å²) in [7, 11) is 1.23. The zero-order chi connectivity index (χ0) is 10.4. The molecule has 0 aromatic rings. The molecule has 0 aliphatic carbocycles. The van der Waals surface area contributed by atoms with E-state index in [9.17, 15) is 9.59 Å². The van der Waals surface area contributed by atoms with E-state index in [2.05, 4.69) is 10.1 Å². The maximum Gasteiger partial charge on any atom is 0.321 e. The molecule has 1 unspecified atom stereocenters. The molecule has 5 nitrogen and oxygen atoms in total. The fourth-order valence-corrected chi connectivity index (χ4v) is 0.870. The second-order valence-electron chi connectivity index (χ2n) is 2.99. The fourth-order valence-electron chi connectivity index (χ4n) is 0.870. The molecule has 0 amide bonds. The van der Waals surface area contributed by atoms with Gasteiger partial charge in [-0.1, -0.05) is 13.8 Å². The van der Waals surface area contributed by atoms with Gasteiger partial charge in [0.2, 0.25) is 0 Å². The Kier molecular flexibility index (Phi) is 5.06. The van der Waals surface area contributed by atoms with Gasteiger partial charge in [0.05, 0.1) is 13.5 Å². The number of carboxylic acid groups (broad SMARTS) is 1. The topological polar surface area (TPSA) is 75.6 Å². The quantitative estimate of drug-likeness (QED) is 0.595. The van der Waals surface area contributed by atoms with Crippen molar-refractivity contribution in [1.29, 1.82) is 0 Å². The van der Waals surface area contributed by atoms with Crippen LogP contribution in [0.1, 0.15) is 20.3 Å². The molecule has 0 saturated heterocycles. The fraction of sp³-hybridized carbons (Fsp3) is 0.750. The smallest absolute Gasteiger partial charge is 0.321 e. The molecule has 1 atom stereocenters. The van der Waals surface area contributed by atoms with Gasteiger partial charge in [-0.15, -0.1) is 0 Å². The summed E-state index contributed by atoms with van der Waals surface area (Å²) in [5, 5.41) is 11.4. The first-order valence-electron chi connectivity index (χ1n) is 4.03. The molecule has 0 fully saturated rings. The maximum atomic E-state index is 10.8. The third kappa shape index (κ3) is 5.19. The van der Waals surface area contributed by atoms with Crippen molar-refractivity contribution in [3.05, 3.63) is 0 Å². The molecule has 0 heterocycles. The summed E-state index contributed by atoms with van der Waals surface area (Å²) in [4.78, 5) is 21.4. The standard InChI is InChI=1S/C8H15NO4/c1-5(2)9-6(8(11)12)4-7(10)13-3/h5-6,9H,4H2,1-3H3,(H,11,12). The summed E-state index contributed by atoms with van der Waals surface area (Å²) in [6.45, 7) is 3.63. The second kappa shape index (κ2) is 5.53. The van der Waals surface area contributed by atoms with Gasteiger partial charge < -0.3 is 15.2 Å². The van der Waals surface area contributed by atoms with E-state index in [1.165, 1.54) is 7.11 Å². The number of hydrogen-bond donors (Lipinski definition) is 2. The average molecular weight is 189 g/mol. The molecular formula is C8H15NO4. The van der Waals surface area contributed by atoms with Crippen LogP contribution in [0, 0.1) is 0 Å². The Morgan fingerprint density at radius 2 is 2.00 bits per heavy atom. The highest BCUT2D eigenvalue weighted by Crippen LogP contribution is 1.96. The van der Waals surface area contributed by atoms with Crippen molar-refractivity contribution in [2.75, 3.05) is 7.11 Å². The monoisotopic (exact) mass is 189 g/mol. The lowest BCUT2D eigenvalue weighted by atomic mass is 10.2. The van der Waals surface area contributed by atoms with Gasteiger partial charge in [0.25, 0.3) is 0 Å². The largest absolute Gasteiger partial charge is 0.480 e. The summed E-state index contributed by atoms with van der Waals surface area (Å²) in [6.07, 6.45) is -0.149. The van der Waals surface area contributed by atoms with Crippen LogP contribution < -0.4 is 5.32 Å². The zero-order valence-electron chi connectivity index (χ0n) is 8.03. The van der Waals surface area contributed by atoms with Crippen molar-refractivity contribution in [1.82, 2.24) is 5.32 Å². The first-order valence-corrected chi connectivity index (χ1v) is 4.03. The first kappa shape index (κ1) is 11.9. The van der Waals surface area contributed by atoms with Gasteiger partial charge in [-0.25, -0.2) is 0 Å². The number of hydrogen-bond acceptors (Lipinski definition) is 4. The molecule has 0 radical (unpaired) electrons. The highest BCUT2D eigenvalue weighted by molar-refractivity contribution is 5.81. The lowest BCUT2D eigenvalue weighted by molar-refractivity contribution is -0.147. The van der Waals surface area contributed by atoms with Crippen molar-refractivity contribution >= 4 is 11.9 Å². The minimum atomic E-state index is -1.04. The van der Waals surface area contributed by atoms with Crippen LogP contribution in [0.4, 0.5) is 0 Å². The number of carbonyl (C=O) groups excluding carboxylic acids is 1. The molecule has 2 N–H and O–H groups in total. The Morgan fingerprint density at radius 1 is 1.46 bits per heavy atom. The van der Waals surface area contributed by atoms with Crippen LogP contribution in [0.3, 0.4) is 0 Å². The van der Waals surface area contributed by atoms with Crippen molar-refractivity contribution in [2.24, 2.45) is 0 Å². The molecule has 0 aromatic heterocycles. The summed E-state index contributed by atoms with van der Waals surface area (Å²) >= 11 is 0. The minimum Gasteiger partial charge on any atom is -0.480 e. The second-order valence-corrected chi connectivity index (χ2v) is 2.99. The first-order chi connectivity index (χ1) is 5.97. The Balaban J connectivity index is 4.10. The molecule has 0 aliphatic rings. The Morgan fingerprint density at radius 3 is 2.31 bits per heavy atom. The van der Waals surface area contributed by atoms with Crippen LogP contribution in [0.15, 0.2) is 0 Å². The van der Waals surface area contributed by atoms with Crippen LogP contribution in [-0.4, -0.2) is 36.2 Å². The van der Waals surface area contributed by atoms with Crippen LogP contribution in [0.2, 0.25) is 0 Å². The van der Waals surface area contributed by atoms with Gasteiger partial charge in [-0.05, 0) is 0 Å². The SMILES string of the molecule is COC(=O)CC(NC(C)C)C(=O)O. The van der Waals surface area contributed by atoms with E-state index in [0.717, 1.165) is 0 Å². The maximum absolute atomic E-state index is 10.8. The van der Waals surface area contributed by atoms with Crippen LogP contribution >= 0.6 is 0 Å². The number of ether oxygens (including phenoxy) is 1. The number of aliphatic carboxylic acids is 1. The summed E-state index contributed by atoms with van der Waals surface area (Å²) in [5.74, 6) is -1.57. The predicted octanol–water partition coefficient (Wildman–Crippen LogP) is 0.000700. The van der Waals surface area contributed by atoms with Crippen LogP contribution in [0.25, 0.3) is 0 Å². The van der Waals surface area contributed by atoms with Crippen molar-refractivity contribution < 1.29 is 19.4 Å². The lowest BCUT2D eigenvalue weighted by Gasteiger charge is -2.15. The predicted molar refractivity (Wildman–Crippen MR) is 46.3 cm³/mol. The molecule has 0 aliphatic heterocycles. The Labute approximate surface area is 77.1 Å². The minimum absolute atomic E-state index is 0.0192. The molecule has 13 heavy (non-hydrogen) atoms. The molecule has 0 saturated carbocycles. The normalized spacial score (nSPS) is 12.6. The van der Waals surface area contributed by atoms with E-state index < -0.39 is 18.0 Å². The van der Waals surface area contributed by atoms with Crippen molar-refractivity contribution in [3.8, 4) is 0 Å². The number of nitrogens with one attached hydrogen (secondary N) is 1. The summed E-state index contributed by atoms with van der Waals surface area (Å²) < 4.78 is 4.37. The molecule has 76 valence electrons. The molecule has 0 aromatic carbocycles. The van der Waals surface area contributed by atoms with Gasteiger partial charge in [-0.3, -0.25) is 9.59 Å². The number of carbonyl (C=O) groups is 2. The van der Waals surface area contributed by atoms with Crippen molar-refractivity contribution in [2.45, 2.75) is 32.4 Å². The van der Waals surface area contributed by atoms with E-state index in [4.69, 9.17) is 5.11 Å². The number of carboxylic acids is 1. The van der Waals surface area contributed by atoms with Gasteiger partial charge in [0, 0.05) is 6.04 Å². The van der Waals surface area contributed by atoms with Gasteiger partial charge >= 0.3 is 11.9 Å². The van der Waals surface area contributed by atoms with Crippen LogP contribution in [-0.2, 0) is 14.3 Å². The number of esters is 1. The van der Waals surface area contributed by atoms with Gasteiger partial charge in [-0.2, -0.15) is 0 Å².